The topological polar surface area (TPSA) is 36.5 Å². The van der Waals surface area contributed by atoms with Gasteiger partial charge in [-0.1, -0.05) is 18.2 Å². The van der Waals surface area contributed by atoms with Gasteiger partial charge in [-0.3, -0.25) is 13.0 Å². The highest BCUT2D eigenvalue weighted by Crippen LogP contribution is 2.52. The molecule has 1 atom stereocenters. The zero-order valence-electron chi connectivity index (χ0n) is 23.3. The van der Waals surface area contributed by atoms with E-state index in [2.05, 4.69) is 131 Å². The van der Waals surface area contributed by atoms with Crippen molar-refractivity contribution < 1.29 is 9.05 Å². The Bertz CT molecular complexity index is 1580. The summed E-state index contributed by atoms with van der Waals surface area (Å²) in [6, 6.07) is 20.8. The molecule has 5 aromatic rings. The molecular formula is C32H34N4O2P2. The second-order valence-electron chi connectivity index (χ2n) is 9.97. The third-order valence-corrected chi connectivity index (χ3v) is 10.9. The third-order valence-electron chi connectivity index (χ3n) is 7.39. The van der Waals surface area contributed by atoms with Crippen LogP contribution < -0.4 is 9.05 Å². The lowest BCUT2D eigenvalue weighted by Crippen LogP contribution is -2.16. The first kappa shape index (κ1) is 26.5. The Morgan fingerprint density at radius 3 is 1.43 bits per heavy atom. The summed E-state index contributed by atoms with van der Waals surface area (Å²) in [6.07, 6.45) is 17.8. The molecule has 6 nitrogen and oxygen atoms in total. The Hall–Kier alpha value is -3.72. The molecule has 0 N–H and O–H groups in total. The molecule has 3 aromatic heterocycles. The molecule has 0 saturated heterocycles. The minimum atomic E-state index is -1.19. The number of rotatable bonds is 9. The highest BCUT2D eigenvalue weighted by atomic mass is 31.2. The largest absolute Gasteiger partial charge is 0.436 e. The molecule has 1 aliphatic heterocycles. The van der Waals surface area contributed by atoms with Crippen molar-refractivity contribution in [2.75, 3.05) is 6.54 Å². The first-order chi connectivity index (χ1) is 19.5. The van der Waals surface area contributed by atoms with Crippen LogP contribution in [0.5, 0.6) is 11.5 Å². The second kappa shape index (κ2) is 11.4. The van der Waals surface area contributed by atoms with Crippen LogP contribution in [0.3, 0.4) is 0 Å². The molecule has 2 aromatic carbocycles. The molecule has 8 heteroatoms. The summed E-state index contributed by atoms with van der Waals surface area (Å²) >= 11 is 0. The molecule has 204 valence electrons. The van der Waals surface area contributed by atoms with Gasteiger partial charge in [0.05, 0.1) is 0 Å². The van der Waals surface area contributed by atoms with E-state index in [0.29, 0.717) is 0 Å². The summed E-state index contributed by atoms with van der Waals surface area (Å²) in [5, 5.41) is 0. The summed E-state index contributed by atoms with van der Waals surface area (Å²) in [4.78, 5) is 0. The Morgan fingerprint density at radius 1 is 0.575 bits per heavy atom. The average molecular weight is 569 g/mol. The van der Waals surface area contributed by atoms with Crippen molar-refractivity contribution in [3.8, 4) is 22.6 Å². The quantitative estimate of drug-likeness (QED) is 0.167. The smallest absolute Gasteiger partial charge is 0.317 e. The fraction of sp³-hybridized carbons (Fsp3) is 0.188. The lowest BCUT2D eigenvalue weighted by molar-refractivity contribution is 0.513. The van der Waals surface area contributed by atoms with E-state index >= 15 is 0 Å². The summed E-state index contributed by atoms with van der Waals surface area (Å²) in [5.74, 6) is 1.72. The first-order valence-electron chi connectivity index (χ1n) is 13.5. The molecule has 0 bridgehead atoms. The van der Waals surface area contributed by atoms with Crippen LogP contribution in [0.1, 0.15) is 28.7 Å². The molecular weight excluding hydrogens is 534 g/mol. The predicted molar refractivity (Wildman–Crippen MR) is 166 cm³/mol. The Morgan fingerprint density at radius 2 is 1.00 bits per heavy atom. The van der Waals surface area contributed by atoms with Gasteiger partial charge in [-0.15, -0.1) is 0 Å². The van der Waals surface area contributed by atoms with Crippen LogP contribution in [-0.4, -0.2) is 24.2 Å². The molecule has 0 fully saturated rings. The van der Waals surface area contributed by atoms with Crippen molar-refractivity contribution in [3.63, 3.8) is 0 Å². The normalized spacial score (nSPS) is 13.8. The highest BCUT2D eigenvalue weighted by molar-refractivity contribution is 7.49. The van der Waals surface area contributed by atoms with E-state index in [4.69, 9.17) is 9.05 Å². The molecule has 6 rings (SSSR count). The van der Waals surface area contributed by atoms with E-state index in [1.165, 1.54) is 22.3 Å². The van der Waals surface area contributed by atoms with Gasteiger partial charge in [0, 0.05) is 61.1 Å². The maximum Gasteiger partial charge on any atom is 0.317 e. The monoisotopic (exact) mass is 568 g/mol. The standard InChI is InChI=1S/C32H34N4O2P2/c1-25-13-15-29(37-39(33-17-5-6-18-33)34-19-7-8-20-34)31(27(25)3)32-28(4)26(2)14-16-30(32)38-40(35-21-9-10-22-35)36-23-11-12-24-36/h5-11,13-23H,12,24H2,1-4H3. The van der Waals surface area contributed by atoms with Gasteiger partial charge < -0.3 is 13.7 Å². The van der Waals surface area contributed by atoms with Crippen LogP contribution in [0.2, 0.25) is 0 Å². The van der Waals surface area contributed by atoms with E-state index in [0.717, 1.165) is 35.6 Å². The van der Waals surface area contributed by atoms with Gasteiger partial charge in [0.1, 0.15) is 11.5 Å². The van der Waals surface area contributed by atoms with Gasteiger partial charge in [0.25, 0.3) is 0 Å². The fourth-order valence-electron chi connectivity index (χ4n) is 4.92. The van der Waals surface area contributed by atoms with Gasteiger partial charge in [0.15, 0.2) is 0 Å². The zero-order valence-corrected chi connectivity index (χ0v) is 25.1. The van der Waals surface area contributed by atoms with Gasteiger partial charge in [-0.2, -0.15) is 0 Å². The van der Waals surface area contributed by atoms with E-state index in [-0.39, 0.29) is 0 Å². The molecule has 0 amide bonds. The van der Waals surface area contributed by atoms with Crippen molar-refractivity contribution >= 4 is 16.9 Å². The van der Waals surface area contributed by atoms with Crippen LogP contribution in [-0.2, 0) is 0 Å². The molecule has 1 aliphatic rings. The van der Waals surface area contributed by atoms with Crippen molar-refractivity contribution in [2.45, 2.75) is 34.1 Å². The molecule has 40 heavy (non-hydrogen) atoms. The number of hydrogen-bond acceptors (Lipinski definition) is 3. The minimum Gasteiger partial charge on any atom is -0.436 e. The zero-order chi connectivity index (χ0) is 27.6. The summed E-state index contributed by atoms with van der Waals surface area (Å²) < 4.78 is 22.7. The molecule has 0 saturated carbocycles. The van der Waals surface area contributed by atoms with Crippen LogP contribution in [0.4, 0.5) is 0 Å². The number of aromatic nitrogens is 3. The van der Waals surface area contributed by atoms with Crippen LogP contribution in [0.25, 0.3) is 11.1 Å². The molecule has 4 heterocycles. The molecule has 0 spiro atoms. The van der Waals surface area contributed by atoms with E-state index < -0.39 is 16.9 Å². The predicted octanol–water partition coefficient (Wildman–Crippen LogP) is 9.07. The van der Waals surface area contributed by atoms with E-state index in [1.54, 1.807) is 0 Å². The van der Waals surface area contributed by atoms with Gasteiger partial charge >= 0.3 is 16.9 Å². The summed E-state index contributed by atoms with van der Waals surface area (Å²) in [7, 11) is -2.30. The maximum atomic E-state index is 7.01. The summed E-state index contributed by atoms with van der Waals surface area (Å²) in [6.45, 7) is 9.65. The maximum absolute atomic E-state index is 7.01. The molecule has 0 radical (unpaired) electrons. The number of nitrogens with zero attached hydrogens (tertiary/aromatic N) is 4. The number of aryl methyl sites for hydroxylation is 2. The van der Waals surface area contributed by atoms with Crippen LogP contribution in [0, 0.1) is 27.7 Å². The lowest BCUT2D eigenvalue weighted by Gasteiger charge is -2.30. The Labute approximate surface area is 239 Å². The van der Waals surface area contributed by atoms with Crippen molar-refractivity contribution in [1.82, 2.24) is 17.7 Å². The molecule has 1 unspecified atom stereocenters. The highest BCUT2D eigenvalue weighted by Gasteiger charge is 2.28. The summed E-state index contributed by atoms with van der Waals surface area (Å²) in [5.41, 5.74) is 7.00. The third kappa shape index (κ3) is 5.10. The number of benzene rings is 2. The molecule has 0 aliphatic carbocycles. The second-order valence-corrected chi connectivity index (χ2v) is 13.3. The fourth-order valence-corrected chi connectivity index (χ4v) is 8.10. The first-order valence-corrected chi connectivity index (χ1v) is 15.8. The van der Waals surface area contributed by atoms with Crippen molar-refractivity contribution in [1.29, 1.82) is 0 Å². The lowest BCUT2D eigenvalue weighted by atomic mass is 9.90. The van der Waals surface area contributed by atoms with Gasteiger partial charge in [-0.25, -0.2) is 0 Å². The van der Waals surface area contributed by atoms with E-state index in [9.17, 15) is 0 Å². The SMILES string of the molecule is Cc1ccc(OP(N2C=CCC2)n2cccc2)c(-c2c(OP(n3cccc3)n3cccc3)ccc(C)c2C)c1C. The van der Waals surface area contributed by atoms with Gasteiger partial charge in [0.2, 0.25) is 0 Å². The van der Waals surface area contributed by atoms with Crippen molar-refractivity contribution in [3.05, 3.63) is 132 Å². The average Bonchev–Trinajstić information content (AvgIpc) is 3.78. The van der Waals surface area contributed by atoms with Crippen molar-refractivity contribution in [2.24, 2.45) is 0 Å². The van der Waals surface area contributed by atoms with Gasteiger partial charge in [-0.05, 0) is 105 Å². The number of hydrogen-bond donors (Lipinski definition) is 0. The van der Waals surface area contributed by atoms with Crippen LogP contribution in [0.15, 0.2) is 110 Å². The van der Waals surface area contributed by atoms with E-state index in [1.807, 2.05) is 24.3 Å². The van der Waals surface area contributed by atoms with Crippen LogP contribution >= 0.6 is 16.9 Å². The Kier molecular flexibility index (Phi) is 7.56. The minimum absolute atomic E-state index is 0.849. The Balaban J connectivity index is 1.49.